The number of sulfonamides is 1. The summed E-state index contributed by atoms with van der Waals surface area (Å²) >= 11 is 0. The van der Waals surface area contributed by atoms with Gasteiger partial charge in [-0.05, 0) is 68.9 Å². The van der Waals surface area contributed by atoms with E-state index < -0.39 is 10.0 Å². The number of benzene rings is 1. The second-order valence-corrected chi connectivity index (χ2v) is 11.0. The monoisotopic (exact) mass is 442 g/mol. The Morgan fingerprint density at radius 1 is 0.968 bits per heavy atom. The molecule has 1 aliphatic carbocycles. The molecule has 1 aromatic heterocycles. The Morgan fingerprint density at radius 2 is 1.77 bits per heavy atom. The van der Waals surface area contributed by atoms with Gasteiger partial charge in [-0.1, -0.05) is 6.42 Å². The van der Waals surface area contributed by atoms with Crippen LogP contribution in [-0.4, -0.2) is 55.8 Å². The second kappa shape index (κ2) is 8.39. The molecule has 0 unspecified atom stereocenters. The lowest BCUT2D eigenvalue weighted by molar-refractivity contribution is -0.125. The smallest absolute Gasteiger partial charge is 0.243 e. The Balaban J connectivity index is 1.34. The van der Waals surface area contributed by atoms with E-state index in [-0.39, 0.29) is 11.8 Å². The van der Waals surface area contributed by atoms with Gasteiger partial charge in [-0.3, -0.25) is 4.79 Å². The molecular formula is C23H30N4O3S. The number of amides is 1. The fraction of sp³-hybridized carbons (Fsp3) is 0.565. The lowest BCUT2D eigenvalue weighted by Crippen LogP contribution is -2.43. The molecule has 3 fully saturated rings. The lowest BCUT2D eigenvalue weighted by atomic mass is 9.97. The maximum absolute atomic E-state index is 13.0. The maximum atomic E-state index is 13.0. The summed E-state index contributed by atoms with van der Waals surface area (Å²) in [6.45, 7) is 2.76. The molecule has 0 spiro atoms. The molecule has 1 N–H and O–H groups in total. The van der Waals surface area contributed by atoms with Crippen LogP contribution < -0.4 is 10.2 Å². The second-order valence-electron chi connectivity index (χ2n) is 9.06. The van der Waals surface area contributed by atoms with Crippen molar-refractivity contribution in [3.63, 3.8) is 0 Å². The van der Waals surface area contributed by atoms with Gasteiger partial charge < -0.3 is 10.2 Å². The van der Waals surface area contributed by atoms with Crippen LogP contribution in [0.3, 0.4) is 0 Å². The van der Waals surface area contributed by atoms with Crippen molar-refractivity contribution < 1.29 is 13.2 Å². The van der Waals surface area contributed by atoms with E-state index in [1.54, 1.807) is 22.5 Å². The third kappa shape index (κ3) is 4.41. The van der Waals surface area contributed by atoms with Crippen molar-refractivity contribution in [1.82, 2.24) is 14.6 Å². The van der Waals surface area contributed by atoms with Gasteiger partial charge >= 0.3 is 0 Å². The molecule has 166 valence electrons. The van der Waals surface area contributed by atoms with Crippen molar-refractivity contribution in [2.24, 2.45) is 5.92 Å². The number of pyridine rings is 1. The average Bonchev–Trinajstić information content (AvgIpc) is 3.63. The van der Waals surface area contributed by atoms with Crippen molar-refractivity contribution in [3.8, 4) is 0 Å². The number of fused-ring (bicyclic) bond motifs is 1. The minimum absolute atomic E-state index is 0.00362. The van der Waals surface area contributed by atoms with Gasteiger partial charge in [-0.15, -0.1) is 0 Å². The van der Waals surface area contributed by atoms with E-state index in [0.717, 1.165) is 68.2 Å². The number of carbonyl (C=O) groups excluding carboxylic acids is 1. The van der Waals surface area contributed by atoms with E-state index in [9.17, 15) is 13.2 Å². The molecule has 1 atom stereocenters. The summed E-state index contributed by atoms with van der Waals surface area (Å²) < 4.78 is 27.6. The van der Waals surface area contributed by atoms with E-state index in [1.807, 2.05) is 12.1 Å². The number of carbonyl (C=O) groups is 1. The minimum atomic E-state index is -3.46. The highest BCUT2D eigenvalue weighted by Gasteiger charge is 2.31. The van der Waals surface area contributed by atoms with Crippen LogP contribution in [0.15, 0.2) is 35.2 Å². The van der Waals surface area contributed by atoms with Gasteiger partial charge in [0.15, 0.2) is 0 Å². The molecular weight excluding hydrogens is 412 g/mol. The summed E-state index contributed by atoms with van der Waals surface area (Å²) in [5, 5.41) is 3.95. The Labute approximate surface area is 183 Å². The SMILES string of the molecule is O=C(NC1CC1)[C@@H]1CCCN(c2ccc3cc(S(=O)(=O)N4CCCCC4)ccc3n2)C1. The van der Waals surface area contributed by atoms with Crippen molar-refractivity contribution >= 4 is 32.7 Å². The lowest BCUT2D eigenvalue weighted by Gasteiger charge is -2.33. The van der Waals surface area contributed by atoms with E-state index in [1.165, 1.54) is 0 Å². The van der Waals surface area contributed by atoms with Crippen LogP contribution in [0.5, 0.6) is 0 Å². The number of nitrogens with one attached hydrogen (secondary N) is 1. The summed E-state index contributed by atoms with van der Waals surface area (Å²) in [7, 11) is -3.46. The van der Waals surface area contributed by atoms with Crippen LogP contribution in [0.4, 0.5) is 5.82 Å². The molecule has 1 amide bonds. The standard InChI is InChI=1S/C23H30N4O3S/c28-23(24-19-7-8-19)18-5-4-12-26(16-18)22-11-6-17-15-20(9-10-21(17)25-22)31(29,30)27-13-2-1-3-14-27/h6,9-11,15,18-19H,1-5,7-8,12-14,16H2,(H,24,28)/t18-/m1/s1. The van der Waals surface area contributed by atoms with Crippen molar-refractivity contribution in [2.45, 2.75) is 55.9 Å². The highest BCUT2D eigenvalue weighted by Crippen LogP contribution is 2.28. The largest absolute Gasteiger partial charge is 0.356 e. The van der Waals surface area contributed by atoms with Crippen molar-refractivity contribution in [3.05, 3.63) is 30.3 Å². The molecule has 8 heteroatoms. The van der Waals surface area contributed by atoms with E-state index in [2.05, 4.69) is 10.2 Å². The number of nitrogens with zero attached hydrogens (tertiary/aromatic N) is 3. The minimum Gasteiger partial charge on any atom is -0.356 e. The first-order chi connectivity index (χ1) is 15.0. The van der Waals surface area contributed by atoms with Crippen LogP contribution in [0.25, 0.3) is 10.9 Å². The first-order valence-electron chi connectivity index (χ1n) is 11.5. The third-order valence-electron chi connectivity index (χ3n) is 6.64. The normalized spacial score (nSPS) is 23.1. The summed E-state index contributed by atoms with van der Waals surface area (Å²) in [6.07, 6.45) is 7.03. The number of anilines is 1. The van der Waals surface area contributed by atoms with Gasteiger partial charge in [0.05, 0.1) is 16.3 Å². The number of aromatic nitrogens is 1. The quantitative estimate of drug-likeness (QED) is 0.770. The fourth-order valence-corrected chi connectivity index (χ4v) is 6.18. The van der Waals surface area contributed by atoms with Crippen LogP contribution in [0.1, 0.15) is 44.9 Å². The third-order valence-corrected chi connectivity index (χ3v) is 8.53. The van der Waals surface area contributed by atoms with Crippen LogP contribution >= 0.6 is 0 Å². The summed E-state index contributed by atoms with van der Waals surface area (Å²) in [6, 6.07) is 9.49. The summed E-state index contributed by atoms with van der Waals surface area (Å²) in [5.41, 5.74) is 0.777. The molecule has 31 heavy (non-hydrogen) atoms. The Morgan fingerprint density at radius 3 is 2.55 bits per heavy atom. The number of hydrogen-bond donors (Lipinski definition) is 1. The van der Waals surface area contributed by atoms with Crippen LogP contribution in [0.2, 0.25) is 0 Å². The van der Waals surface area contributed by atoms with Gasteiger partial charge in [-0.25, -0.2) is 13.4 Å². The zero-order chi connectivity index (χ0) is 21.4. The first kappa shape index (κ1) is 20.7. The molecule has 0 radical (unpaired) electrons. The van der Waals surface area contributed by atoms with Crippen LogP contribution in [0, 0.1) is 5.92 Å². The number of rotatable bonds is 5. The summed E-state index contributed by atoms with van der Waals surface area (Å²) in [4.78, 5) is 19.8. The predicted molar refractivity (Wildman–Crippen MR) is 120 cm³/mol. The first-order valence-corrected chi connectivity index (χ1v) is 12.9. The van der Waals surface area contributed by atoms with Gasteiger partial charge in [0, 0.05) is 37.6 Å². The highest BCUT2D eigenvalue weighted by atomic mass is 32.2. The Hall–Kier alpha value is -2.19. The Kier molecular flexibility index (Phi) is 5.60. The van der Waals surface area contributed by atoms with Crippen molar-refractivity contribution in [1.29, 1.82) is 0 Å². The van der Waals surface area contributed by atoms with Gasteiger partial charge in [0.2, 0.25) is 15.9 Å². The molecule has 1 aromatic carbocycles. The molecule has 2 saturated heterocycles. The zero-order valence-electron chi connectivity index (χ0n) is 17.8. The molecule has 1 saturated carbocycles. The molecule has 3 aliphatic rings. The highest BCUT2D eigenvalue weighted by molar-refractivity contribution is 7.89. The Bertz CT molecular complexity index is 1080. The maximum Gasteiger partial charge on any atom is 0.243 e. The summed E-state index contributed by atoms with van der Waals surface area (Å²) in [5.74, 6) is 1.02. The van der Waals surface area contributed by atoms with E-state index in [4.69, 9.17) is 4.98 Å². The molecule has 3 heterocycles. The average molecular weight is 443 g/mol. The topological polar surface area (TPSA) is 82.6 Å². The van der Waals surface area contributed by atoms with Crippen LogP contribution in [-0.2, 0) is 14.8 Å². The molecule has 2 aromatic rings. The molecule has 2 aliphatic heterocycles. The van der Waals surface area contributed by atoms with E-state index >= 15 is 0 Å². The van der Waals surface area contributed by atoms with Crippen molar-refractivity contribution in [2.75, 3.05) is 31.1 Å². The van der Waals surface area contributed by atoms with Gasteiger partial charge in [0.25, 0.3) is 0 Å². The number of piperidine rings is 2. The molecule has 5 rings (SSSR count). The molecule has 7 nitrogen and oxygen atoms in total. The fourth-order valence-electron chi connectivity index (χ4n) is 4.63. The van der Waals surface area contributed by atoms with E-state index in [0.29, 0.717) is 30.6 Å². The van der Waals surface area contributed by atoms with Gasteiger partial charge in [0.1, 0.15) is 5.82 Å². The number of hydrogen-bond acceptors (Lipinski definition) is 5. The zero-order valence-corrected chi connectivity index (χ0v) is 18.6. The van der Waals surface area contributed by atoms with Gasteiger partial charge in [-0.2, -0.15) is 4.31 Å². The molecule has 0 bridgehead atoms. The predicted octanol–water partition coefficient (Wildman–Crippen LogP) is 2.90.